The van der Waals surface area contributed by atoms with Gasteiger partial charge in [0.1, 0.15) is 6.61 Å². The lowest BCUT2D eigenvalue weighted by Crippen LogP contribution is -2.18. The second-order valence-electron chi connectivity index (χ2n) is 5.72. The molecule has 0 atom stereocenters. The van der Waals surface area contributed by atoms with Gasteiger partial charge in [-0.05, 0) is 18.1 Å². The molecule has 128 valence electrons. The van der Waals surface area contributed by atoms with Crippen LogP contribution in [0.15, 0.2) is 60.7 Å². The van der Waals surface area contributed by atoms with Crippen LogP contribution in [-0.2, 0) is 22.6 Å². The van der Waals surface area contributed by atoms with Gasteiger partial charge in [-0.3, -0.25) is 10.1 Å². The van der Waals surface area contributed by atoms with Crippen LogP contribution < -0.4 is 5.32 Å². The lowest BCUT2D eigenvalue weighted by atomic mass is 10.1. The van der Waals surface area contributed by atoms with Crippen LogP contribution in [0.2, 0.25) is 0 Å². The van der Waals surface area contributed by atoms with Gasteiger partial charge in [0.15, 0.2) is 5.13 Å². The van der Waals surface area contributed by atoms with Crippen LogP contribution in [0.4, 0.5) is 5.13 Å². The largest absolute Gasteiger partial charge is 0.367 e. The molecule has 3 rings (SSSR count). The molecule has 0 aliphatic rings. The zero-order valence-corrected chi connectivity index (χ0v) is 14.9. The van der Waals surface area contributed by atoms with Gasteiger partial charge in [-0.25, -0.2) is 4.98 Å². The van der Waals surface area contributed by atoms with E-state index in [1.165, 1.54) is 16.9 Å². The molecule has 3 aromatic rings. The highest BCUT2D eigenvalue weighted by Gasteiger charge is 2.11. The summed E-state index contributed by atoms with van der Waals surface area (Å²) in [6.45, 7) is 2.41. The van der Waals surface area contributed by atoms with Crippen LogP contribution in [0, 0.1) is 6.92 Å². The Bertz CT molecular complexity index is 816. The number of hydrogen-bond acceptors (Lipinski definition) is 4. The average Bonchev–Trinajstić information content (AvgIpc) is 2.96. The number of nitrogens with zero attached hydrogens (tertiary/aromatic N) is 1. The van der Waals surface area contributed by atoms with E-state index in [1.807, 2.05) is 55.5 Å². The molecule has 25 heavy (non-hydrogen) atoms. The standard InChI is InChI=1S/C20H20N2O2S/c1-15-18(12-16-8-4-2-5-9-16)25-20(21-15)22-19(23)14-24-13-17-10-6-3-7-11-17/h2-11H,12-14H2,1H3,(H,21,22,23). The van der Waals surface area contributed by atoms with Gasteiger partial charge in [0.25, 0.3) is 5.91 Å². The maximum absolute atomic E-state index is 12.0. The molecule has 0 unspecified atom stereocenters. The molecule has 2 aromatic carbocycles. The minimum absolute atomic E-state index is 0.0154. The number of aryl methyl sites for hydroxylation is 1. The Hall–Kier alpha value is -2.50. The normalized spacial score (nSPS) is 10.6. The minimum atomic E-state index is -0.184. The third-order valence-corrected chi connectivity index (χ3v) is 4.76. The Morgan fingerprint density at radius 2 is 1.68 bits per heavy atom. The summed E-state index contributed by atoms with van der Waals surface area (Å²) in [5.74, 6) is -0.184. The topological polar surface area (TPSA) is 51.2 Å². The molecular formula is C20H20N2O2S. The number of ether oxygens (including phenoxy) is 1. The van der Waals surface area contributed by atoms with Crippen molar-refractivity contribution in [1.82, 2.24) is 4.98 Å². The number of benzene rings is 2. The van der Waals surface area contributed by atoms with Gasteiger partial charge in [-0.2, -0.15) is 0 Å². The molecular weight excluding hydrogens is 332 g/mol. The van der Waals surface area contributed by atoms with Gasteiger partial charge in [0.2, 0.25) is 0 Å². The minimum Gasteiger partial charge on any atom is -0.367 e. The third kappa shape index (κ3) is 5.24. The predicted molar refractivity (Wildman–Crippen MR) is 101 cm³/mol. The van der Waals surface area contributed by atoms with E-state index in [9.17, 15) is 4.79 Å². The molecule has 0 saturated carbocycles. The van der Waals surface area contributed by atoms with Gasteiger partial charge in [-0.15, -0.1) is 11.3 Å². The van der Waals surface area contributed by atoms with E-state index in [4.69, 9.17) is 4.74 Å². The van der Waals surface area contributed by atoms with Crippen molar-refractivity contribution in [2.75, 3.05) is 11.9 Å². The fourth-order valence-electron chi connectivity index (χ4n) is 2.42. The highest BCUT2D eigenvalue weighted by molar-refractivity contribution is 7.15. The van der Waals surface area contributed by atoms with Crippen LogP contribution in [0.3, 0.4) is 0 Å². The number of anilines is 1. The van der Waals surface area contributed by atoms with E-state index >= 15 is 0 Å². The molecule has 1 heterocycles. The molecule has 1 aromatic heterocycles. The Kier molecular flexibility index (Phi) is 5.93. The number of aromatic nitrogens is 1. The summed E-state index contributed by atoms with van der Waals surface area (Å²) in [6, 6.07) is 20.0. The van der Waals surface area contributed by atoms with Crippen molar-refractivity contribution in [2.45, 2.75) is 20.0 Å². The number of nitrogens with one attached hydrogen (secondary N) is 1. The number of thiazole rings is 1. The molecule has 1 N–H and O–H groups in total. The molecule has 0 spiro atoms. The quantitative estimate of drug-likeness (QED) is 0.693. The fraction of sp³-hybridized carbons (Fsp3) is 0.200. The van der Waals surface area contributed by atoms with Gasteiger partial charge >= 0.3 is 0 Å². The number of amides is 1. The van der Waals surface area contributed by atoms with Crippen LogP contribution in [0.1, 0.15) is 21.7 Å². The molecule has 0 fully saturated rings. The zero-order valence-electron chi connectivity index (χ0n) is 14.1. The number of rotatable bonds is 7. The summed E-state index contributed by atoms with van der Waals surface area (Å²) < 4.78 is 5.45. The second kappa shape index (κ2) is 8.55. The second-order valence-corrected chi connectivity index (χ2v) is 6.80. The monoisotopic (exact) mass is 352 g/mol. The number of carbonyl (C=O) groups excluding carboxylic acids is 1. The summed E-state index contributed by atoms with van der Waals surface area (Å²) in [7, 11) is 0. The van der Waals surface area contributed by atoms with Gasteiger partial charge in [0, 0.05) is 11.3 Å². The Morgan fingerprint density at radius 3 is 2.36 bits per heavy atom. The highest BCUT2D eigenvalue weighted by Crippen LogP contribution is 2.25. The molecule has 1 amide bonds. The number of hydrogen-bond donors (Lipinski definition) is 1. The molecule has 5 heteroatoms. The van der Waals surface area contributed by atoms with Crippen LogP contribution in [0.25, 0.3) is 0 Å². The van der Waals surface area contributed by atoms with Crippen molar-refractivity contribution in [3.8, 4) is 0 Å². The van der Waals surface area contributed by atoms with E-state index in [2.05, 4.69) is 22.4 Å². The Balaban J connectivity index is 1.51. The van der Waals surface area contributed by atoms with Crippen LogP contribution in [-0.4, -0.2) is 17.5 Å². The van der Waals surface area contributed by atoms with Gasteiger partial charge in [-0.1, -0.05) is 60.7 Å². The first-order chi connectivity index (χ1) is 12.2. The maximum atomic E-state index is 12.0. The zero-order chi connectivity index (χ0) is 17.5. The van der Waals surface area contributed by atoms with E-state index in [-0.39, 0.29) is 12.5 Å². The van der Waals surface area contributed by atoms with E-state index in [0.29, 0.717) is 11.7 Å². The summed E-state index contributed by atoms with van der Waals surface area (Å²) in [6.07, 6.45) is 0.824. The lowest BCUT2D eigenvalue weighted by molar-refractivity contribution is -0.121. The fourth-order valence-corrected chi connectivity index (χ4v) is 3.43. The van der Waals surface area contributed by atoms with Crippen molar-refractivity contribution in [1.29, 1.82) is 0 Å². The molecule has 0 bridgehead atoms. The third-order valence-electron chi connectivity index (χ3n) is 3.69. The Labute approximate surface area is 151 Å². The van der Waals surface area contributed by atoms with Gasteiger partial charge < -0.3 is 4.74 Å². The van der Waals surface area contributed by atoms with Crippen molar-refractivity contribution < 1.29 is 9.53 Å². The van der Waals surface area contributed by atoms with Crippen molar-refractivity contribution in [3.63, 3.8) is 0 Å². The van der Waals surface area contributed by atoms with Crippen LogP contribution >= 0.6 is 11.3 Å². The summed E-state index contributed by atoms with van der Waals surface area (Å²) >= 11 is 1.51. The average molecular weight is 352 g/mol. The summed E-state index contributed by atoms with van der Waals surface area (Å²) in [5.41, 5.74) is 3.23. The smallest absolute Gasteiger partial charge is 0.252 e. The Morgan fingerprint density at radius 1 is 1.04 bits per heavy atom. The SMILES string of the molecule is Cc1nc(NC(=O)COCc2ccccc2)sc1Cc1ccccc1. The number of carbonyl (C=O) groups is 1. The maximum Gasteiger partial charge on any atom is 0.252 e. The van der Waals surface area contributed by atoms with Crippen LogP contribution in [0.5, 0.6) is 0 Å². The van der Waals surface area contributed by atoms with Crippen molar-refractivity contribution in [3.05, 3.63) is 82.4 Å². The highest BCUT2D eigenvalue weighted by atomic mass is 32.1. The van der Waals surface area contributed by atoms with E-state index < -0.39 is 0 Å². The molecule has 0 aliphatic carbocycles. The first kappa shape index (κ1) is 17.3. The molecule has 0 saturated heterocycles. The molecule has 4 nitrogen and oxygen atoms in total. The first-order valence-corrected chi connectivity index (χ1v) is 8.94. The van der Waals surface area contributed by atoms with Crippen molar-refractivity contribution >= 4 is 22.4 Å². The van der Waals surface area contributed by atoms with E-state index in [1.54, 1.807) is 0 Å². The van der Waals surface area contributed by atoms with E-state index in [0.717, 1.165) is 22.6 Å². The predicted octanol–water partition coefficient (Wildman–Crippen LogP) is 4.20. The lowest BCUT2D eigenvalue weighted by Gasteiger charge is -2.04. The van der Waals surface area contributed by atoms with Crippen molar-refractivity contribution in [2.24, 2.45) is 0 Å². The van der Waals surface area contributed by atoms with Gasteiger partial charge in [0.05, 0.1) is 12.3 Å². The summed E-state index contributed by atoms with van der Waals surface area (Å²) in [4.78, 5) is 17.6. The molecule has 0 aliphatic heterocycles. The molecule has 0 radical (unpaired) electrons. The first-order valence-electron chi connectivity index (χ1n) is 8.12. The summed E-state index contributed by atoms with van der Waals surface area (Å²) in [5, 5.41) is 3.44.